The Balaban J connectivity index is 2.63. The third-order valence-corrected chi connectivity index (χ3v) is 4.95. The monoisotopic (exact) mass is 234 g/mol. The molecule has 0 saturated carbocycles. The van der Waals surface area contributed by atoms with Gasteiger partial charge in [0.05, 0.1) is 5.75 Å². The molecule has 0 unspecified atom stereocenters. The minimum Gasteiger partial charge on any atom is -0.325 e. The topological polar surface area (TPSA) is 63.4 Å². The van der Waals surface area contributed by atoms with Gasteiger partial charge in [0.25, 0.3) is 0 Å². The maximum atomic E-state index is 12.0. The Morgan fingerprint density at radius 3 is 2.20 bits per heavy atom. The van der Waals surface area contributed by atoms with Gasteiger partial charge in [0.2, 0.25) is 10.0 Å². The Morgan fingerprint density at radius 2 is 1.80 bits per heavy atom. The number of hydrogen-bond donors (Lipinski definition) is 1. The van der Waals surface area contributed by atoms with E-state index in [1.54, 1.807) is 18.2 Å². The van der Waals surface area contributed by atoms with Crippen molar-refractivity contribution < 1.29 is 8.42 Å². The van der Waals surface area contributed by atoms with Gasteiger partial charge in [-0.3, -0.25) is 0 Å². The molecule has 0 aliphatic carbocycles. The van der Waals surface area contributed by atoms with Crippen LogP contribution in [0.5, 0.6) is 0 Å². The first kappa shape index (κ1) is 12.9. The third kappa shape index (κ3) is 4.09. The summed E-state index contributed by atoms with van der Waals surface area (Å²) in [6.45, 7) is 6.96. The lowest BCUT2D eigenvalue weighted by molar-refractivity contribution is 0.286. The Bertz CT molecular complexity index is 298. The van der Waals surface area contributed by atoms with Gasteiger partial charge in [-0.2, -0.15) is 0 Å². The molecule has 0 amide bonds. The fourth-order valence-electron chi connectivity index (χ4n) is 1.82. The zero-order valence-corrected chi connectivity index (χ0v) is 10.7. The van der Waals surface area contributed by atoms with Crippen LogP contribution in [-0.4, -0.2) is 37.1 Å². The second-order valence-electron chi connectivity index (χ2n) is 5.33. The summed E-state index contributed by atoms with van der Waals surface area (Å²) in [6, 6.07) is 0. The highest BCUT2D eigenvalue weighted by Crippen LogP contribution is 2.20. The van der Waals surface area contributed by atoms with Crippen molar-refractivity contribution in [3.05, 3.63) is 0 Å². The Kier molecular flexibility index (Phi) is 3.79. The van der Waals surface area contributed by atoms with Gasteiger partial charge in [-0.1, -0.05) is 6.92 Å². The molecule has 5 heteroatoms. The zero-order valence-electron chi connectivity index (χ0n) is 9.86. The second-order valence-corrected chi connectivity index (χ2v) is 7.30. The van der Waals surface area contributed by atoms with E-state index < -0.39 is 15.6 Å². The van der Waals surface area contributed by atoms with Gasteiger partial charge >= 0.3 is 0 Å². The average molecular weight is 234 g/mol. The molecule has 1 aliphatic heterocycles. The van der Waals surface area contributed by atoms with E-state index in [2.05, 4.69) is 6.92 Å². The largest absolute Gasteiger partial charge is 0.325 e. The van der Waals surface area contributed by atoms with Crippen molar-refractivity contribution in [2.45, 2.75) is 39.2 Å². The highest BCUT2D eigenvalue weighted by molar-refractivity contribution is 7.89. The highest BCUT2D eigenvalue weighted by atomic mass is 32.2. The van der Waals surface area contributed by atoms with Crippen molar-refractivity contribution in [1.82, 2.24) is 4.31 Å². The Morgan fingerprint density at radius 1 is 1.33 bits per heavy atom. The first-order chi connectivity index (χ1) is 6.71. The smallest absolute Gasteiger partial charge is 0.215 e. The van der Waals surface area contributed by atoms with Crippen LogP contribution in [-0.2, 0) is 10.0 Å². The Hall–Kier alpha value is -0.130. The van der Waals surface area contributed by atoms with Crippen LogP contribution in [0.25, 0.3) is 0 Å². The summed E-state index contributed by atoms with van der Waals surface area (Å²) < 4.78 is 25.5. The summed E-state index contributed by atoms with van der Waals surface area (Å²) in [7, 11) is -3.16. The van der Waals surface area contributed by atoms with Crippen molar-refractivity contribution >= 4 is 10.0 Å². The molecule has 1 rings (SSSR count). The molecular weight excluding hydrogens is 212 g/mol. The van der Waals surface area contributed by atoms with E-state index >= 15 is 0 Å². The molecule has 1 aliphatic rings. The molecule has 2 N–H and O–H groups in total. The Labute approximate surface area is 92.9 Å². The van der Waals surface area contributed by atoms with E-state index in [0.29, 0.717) is 19.0 Å². The molecule has 1 saturated heterocycles. The van der Waals surface area contributed by atoms with E-state index in [1.807, 2.05) is 0 Å². The minimum absolute atomic E-state index is 0.0361. The summed E-state index contributed by atoms with van der Waals surface area (Å²) in [5.74, 6) is 0.677. The number of nitrogens with two attached hydrogens (primary N) is 1. The quantitative estimate of drug-likeness (QED) is 0.785. The molecule has 1 fully saturated rings. The van der Waals surface area contributed by atoms with Crippen LogP contribution in [0, 0.1) is 5.92 Å². The molecule has 0 aromatic rings. The molecule has 1 heterocycles. The SMILES string of the molecule is CC1CCN(S(=O)(=O)CC(C)(C)N)CC1. The molecule has 0 bridgehead atoms. The van der Waals surface area contributed by atoms with Gasteiger partial charge < -0.3 is 5.73 Å². The van der Waals surface area contributed by atoms with Crippen LogP contribution in [0.3, 0.4) is 0 Å². The van der Waals surface area contributed by atoms with Gasteiger partial charge in [0, 0.05) is 18.6 Å². The number of nitrogens with zero attached hydrogens (tertiary/aromatic N) is 1. The normalized spacial score (nSPS) is 21.9. The molecular formula is C10H22N2O2S. The lowest BCUT2D eigenvalue weighted by atomic mass is 10.0. The summed E-state index contributed by atoms with van der Waals surface area (Å²) >= 11 is 0. The molecule has 90 valence electrons. The van der Waals surface area contributed by atoms with Gasteiger partial charge in [-0.25, -0.2) is 12.7 Å². The summed E-state index contributed by atoms with van der Waals surface area (Å²) in [6.07, 6.45) is 1.93. The maximum Gasteiger partial charge on any atom is 0.215 e. The van der Waals surface area contributed by atoms with Crippen LogP contribution in [0.1, 0.15) is 33.6 Å². The third-order valence-electron chi connectivity index (χ3n) is 2.69. The summed E-state index contributed by atoms with van der Waals surface area (Å²) in [4.78, 5) is 0. The van der Waals surface area contributed by atoms with E-state index in [1.165, 1.54) is 0 Å². The van der Waals surface area contributed by atoms with Crippen LogP contribution in [0.2, 0.25) is 0 Å². The lowest BCUT2D eigenvalue weighted by Crippen LogP contribution is -2.47. The molecule has 0 spiro atoms. The first-order valence-electron chi connectivity index (χ1n) is 5.47. The number of rotatable bonds is 3. The lowest BCUT2D eigenvalue weighted by Gasteiger charge is -2.31. The molecule has 4 nitrogen and oxygen atoms in total. The van der Waals surface area contributed by atoms with Crippen LogP contribution < -0.4 is 5.73 Å². The highest BCUT2D eigenvalue weighted by Gasteiger charge is 2.30. The van der Waals surface area contributed by atoms with Crippen molar-refractivity contribution in [2.24, 2.45) is 11.7 Å². The first-order valence-corrected chi connectivity index (χ1v) is 7.08. The standard InChI is InChI=1S/C10H22N2O2S/c1-9-4-6-12(7-5-9)15(13,14)8-10(2,3)11/h9H,4-8,11H2,1-3H3. The molecule has 0 atom stereocenters. The fraction of sp³-hybridized carbons (Fsp3) is 1.00. The van der Waals surface area contributed by atoms with Crippen molar-refractivity contribution in [3.8, 4) is 0 Å². The van der Waals surface area contributed by atoms with E-state index in [4.69, 9.17) is 5.73 Å². The van der Waals surface area contributed by atoms with Crippen LogP contribution >= 0.6 is 0 Å². The van der Waals surface area contributed by atoms with Gasteiger partial charge in [-0.15, -0.1) is 0 Å². The fourth-order valence-corrected chi connectivity index (χ4v) is 3.71. The minimum atomic E-state index is -3.16. The predicted molar refractivity (Wildman–Crippen MR) is 62.0 cm³/mol. The molecule has 0 radical (unpaired) electrons. The van der Waals surface area contributed by atoms with Gasteiger partial charge in [-0.05, 0) is 32.6 Å². The number of sulfonamides is 1. The van der Waals surface area contributed by atoms with Crippen molar-refractivity contribution in [3.63, 3.8) is 0 Å². The van der Waals surface area contributed by atoms with Crippen LogP contribution in [0.4, 0.5) is 0 Å². The summed E-state index contributed by atoms with van der Waals surface area (Å²) in [5.41, 5.74) is 5.10. The van der Waals surface area contributed by atoms with Crippen molar-refractivity contribution in [1.29, 1.82) is 0 Å². The molecule has 0 aromatic heterocycles. The number of hydrogen-bond acceptors (Lipinski definition) is 3. The van der Waals surface area contributed by atoms with E-state index in [-0.39, 0.29) is 5.75 Å². The maximum absolute atomic E-state index is 12.0. The molecule has 15 heavy (non-hydrogen) atoms. The van der Waals surface area contributed by atoms with Crippen LogP contribution in [0.15, 0.2) is 0 Å². The summed E-state index contributed by atoms with van der Waals surface area (Å²) in [5, 5.41) is 0. The van der Waals surface area contributed by atoms with Gasteiger partial charge in [0.1, 0.15) is 0 Å². The van der Waals surface area contributed by atoms with Crippen molar-refractivity contribution in [2.75, 3.05) is 18.8 Å². The van der Waals surface area contributed by atoms with E-state index in [0.717, 1.165) is 12.8 Å². The van der Waals surface area contributed by atoms with E-state index in [9.17, 15) is 8.42 Å². The zero-order chi connectivity index (χ0) is 11.7. The average Bonchev–Trinajstić information content (AvgIpc) is 2.00. The van der Waals surface area contributed by atoms with Gasteiger partial charge in [0.15, 0.2) is 0 Å². The second kappa shape index (κ2) is 4.39. The number of piperidine rings is 1. The molecule has 0 aromatic carbocycles. The predicted octanol–water partition coefficient (Wildman–Crippen LogP) is 0.785.